The van der Waals surface area contributed by atoms with Gasteiger partial charge in [-0.1, -0.05) is 24.3 Å². The van der Waals surface area contributed by atoms with Gasteiger partial charge >= 0.3 is 5.91 Å². The van der Waals surface area contributed by atoms with Crippen molar-refractivity contribution in [3.8, 4) is 11.5 Å². The van der Waals surface area contributed by atoms with E-state index in [9.17, 15) is 19.8 Å². The Labute approximate surface area is 170 Å². The molecule has 0 saturated carbocycles. The van der Waals surface area contributed by atoms with Crippen molar-refractivity contribution in [2.75, 3.05) is 12.0 Å². The molecule has 8 heteroatoms. The highest BCUT2D eigenvalue weighted by Gasteiger charge is 2.48. The molecule has 2 aromatic carbocycles. The first-order chi connectivity index (χ1) is 14.0. The zero-order chi connectivity index (χ0) is 20.5. The van der Waals surface area contributed by atoms with Gasteiger partial charge in [0.05, 0.1) is 18.7 Å². The van der Waals surface area contributed by atoms with Gasteiger partial charge in [-0.25, -0.2) is 4.98 Å². The van der Waals surface area contributed by atoms with Gasteiger partial charge in [-0.2, -0.15) is 0 Å². The second-order valence-corrected chi connectivity index (χ2v) is 7.18. The second kappa shape index (κ2) is 7.40. The van der Waals surface area contributed by atoms with Crippen molar-refractivity contribution < 1.29 is 24.5 Å². The summed E-state index contributed by atoms with van der Waals surface area (Å²) in [4.78, 5) is 31.2. The van der Waals surface area contributed by atoms with Gasteiger partial charge in [0.25, 0.3) is 5.78 Å². The van der Waals surface area contributed by atoms with Crippen LogP contribution in [0.5, 0.6) is 11.5 Å². The molecule has 1 saturated heterocycles. The van der Waals surface area contributed by atoms with Crippen molar-refractivity contribution in [1.82, 2.24) is 4.98 Å². The monoisotopic (exact) mass is 408 g/mol. The van der Waals surface area contributed by atoms with Gasteiger partial charge < -0.3 is 14.9 Å². The number of amides is 1. The molecule has 4 rings (SSSR count). The highest BCUT2D eigenvalue weighted by molar-refractivity contribution is 7.14. The highest BCUT2D eigenvalue weighted by Crippen LogP contribution is 2.43. The van der Waals surface area contributed by atoms with Crippen LogP contribution >= 0.6 is 11.3 Å². The summed E-state index contributed by atoms with van der Waals surface area (Å²) in [7, 11) is 1.49. The van der Waals surface area contributed by atoms with Crippen LogP contribution in [0, 0.1) is 0 Å². The summed E-state index contributed by atoms with van der Waals surface area (Å²) in [5.41, 5.74) is 0.736. The number of aromatic hydroxyl groups is 1. The highest BCUT2D eigenvalue weighted by atomic mass is 32.1. The largest absolute Gasteiger partial charge is 0.508 e. The summed E-state index contributed by atoms with van der Waals surface area (Å²) in [6, 6.07) is 11.9. The van der Waals surface area contributed by atoms with Crippen molar-refractivity contribution >= 4 is 33.9 Å². The molecule has 0 bridgehead atoms. The average molecular weight is 408 g/mol. The molecule has 0 spiro atoms. The predicted octanol–water partition coefficient (Wildman–Crippen LogP) is 3.48. The lowest BCUT2D eigenvalue weighted by Crippen LogP contribution is -2.29. The standard InChI is InChI=1S/C21H16N2O5S/c1-28-15-7-3-5-13(11-15)18(25)16-17(12-4-2-6-14(24)10-12)23(20(27)19(16)26)21-22-8-9-29-21/h2-11,17,24-25H,1H3. The number of aliphatic hydroxyl groups is 1. The molecule has 0 radical (unpaired) electrons. The first-order valence-electron chi connectivity index (χ1n) is 8.65. The minimum atomic E-state index is -0.931. The maximum absolute atomic E-state index is 12.9. The van der Waals surface area contributed by atoms with E-state index in [1.54, 1.807) is 41.8 Å². The summed E-state index contributed by atoms with van der Waals surface area (Å²) in [6.07, 6.45) is 1.53. The molecule has 1 aliphatic rings. The Morgan fingerprint density at radius 3 is 2.66 bits per heavy atom. The van der Waals surface area contributed by atoms with E-state index in [1.165, 1.54) is 41.7 Å². The number of hydrogen-bond acceptors (Lipinski definition) is 7. The summed E-state index contributed by atoms with van der Waals surface area (Å²) >= 11 is 1.20. The fourth-order valence-corrected chi connectivity index (χ4v) is 3.97. The molecule has 3 aromatic rings. The molecule has 1 fully saturated rings. The quantitative estimate of drug-likeness (QED) is 0.389. The lowest BCUT2D eigenvalue weighted by molar-refractivity contribution is -0.132. The molecule has 1 atom stereocenters. The molecule has 1 aromatic heterocycles. The van der Waals surface area contributed by atoms with E-state index in [2.05, 4.69) is 4.98 Å². The molecule has 2 N–H and O–H groups in total. The van der Waals surface area contributed by atoms with Crippen LogP contribution in [-0.4, -0.2) is 34.0 Å². The number of aromatic nitrogens is 1. The van der Waals surface area contributed by atoms with Gasteiger partial charge in [0.2, 0.25) is 0 Å². The molecule has 0 aliphatic carbocycles. The fraction of sp³-hybridized carbons (Fsp3) is 0.0952. The summed E-state index contributed by atoms with van der Waals surface area (Å²) in [5, 5.41) is 22.9. The third-order valence-corrected chi connectivity index (χ3v) is 5.37. The molecule has 1 aliphatic heterocycles. The van der Waals surface area contributed by atoms with E-state index in [-0.39, 0.29) is 17.1 Å². The SMILES string of the molecule is COc1cccc(C(O)=C2C(=O)C(=O)N(c3nccs3)C2c2cccc(O)c2)c1. The van der Waals surface area contributed by atoms with Crippen LogP contribution in [0.15, 0.2) is 65.7 Å². The van der Waals surface area contributed by atoms with E-state index in [1.807, 2.05) is 0 Å². The summed E-state index contributed by atoms with van der Waals surface area (Å²) in [6.45, 7) is 0. The number of ketones is 1. The van der Waals surface area contributed by atoms with E-state index in [0.717, 1.165) is 0 Å². The molecule has 146 valence electrons. The molecule has 7 nitrogen and oxygen atoms in total. The number of methoxy groups -OCH3 is 1. The van der Waals surface area contributed by atoms with Crippen LogP contribution < -0.4 is 9.64 Å². The predicted molar refractivity (Wildman–Crippen MR) is 108 cm³/mol. The number of carbonyl (C=O) groups is 2. The van der Waals surface area contributed by atoms with Gasteiger partial charge in [-0.15, -0.1) is 11.3 Å². The van der Waals surface area contributed by atoms with Gasteiger partial charge in [-0.05, 0) is 29.8 Å². The molecule has 29 heavy (non-hydrogen) atoms. The van der Waals surface area contributed by atoms with Crippen molar-refractivity contribution in [3.05, 3.63) is 76.8 Å². The second-order valence-electron chi connectivity index (χ2n) is 6.31. The number of nitrogens with zero attached hydrogens (tertiary/aromatic N) is 2. The van der Waals surface area contributed by atoms with Crippen molar-refractivity contribution in [1.29, 1.82) is 0 Å². The minimum absolute atomic E-state index is 0.0198. The molecule has 2 heterocycles. The smallest absolute Gasteiger partial charge is 0.301 e. The number of phenols is 1. The van der Waals surface area contributed by atoms with Gasteiger partial charge in [0.1, 0.15) is 17.3 Å². The number of anilines is 1. The number of aliphatic hydroxyl groups excluding tert-OH is 1. The topological polar surface area (TPSA) is 100.0 Å². The van der Waals surface area contributed by atoms with E-state index in [4.69, 9.17) is 4.74 Å². The Morgan fingerprint density at radius 2 is 1.97 bits per heavy atom. The minimum Gasteiger partial charge on any atom is -0.508 e. The van der Waals surface area contributed by atoms with Crippen molar-refractivity contribution in [2.45, 2.75) is 6.04 Å². The maximum atomic E-state index is 12.9. The normalized spacial score (nSPS) is 18.2. The fourth-order valence-electron chi connectivity index (χ4n) is 3.30. The van der Waals surface area contributed by atoms with E-state index >= 15 is 0 Å². The molecular weight excluding hydrogens is 392 g/mol. The number of benzene rings is 2. The van der Waals surface area contributed by atoms with Gasteiger partial charge in [0, 0.05) is 17.1 Å². The Morgan fingerprint density at radius 1 is 1.17 bits per heavy atom. The third-order valence-electron chi connectivity index (χ3n) is 4.60. The third kappa shape index (κ3) is 3.23. The zero-order valence-electron chi connectivity index (χ0n) is 15.3. The lowest BCUT2D eigenvalue weighted by Gasteiger charge is -2.23. The first kappa shape index (κ1) is 18.7. The Hall–Kier alpha value is -3.65. The first-order valence-corrected chi connectivity index (χ1v) is 9.53. The summed E-state index contributed by atoms with van der Waals surface area (Å²) < 4.78 is 5.19. The number of phenolic OH excluding ortho intramolecular Hbond substituents is 1. The Bertz CT molecular complexity index is 1120. The Kier molecular flexibility index (Phi) is 4.77. The van der Waals surface area contributed by atoms with Crippen LogP contribution in [0.25, 0.3) is 5.76 Å². The number of thiazole rings is 1. The van der Waals surface area contributed by atoms with Crippen LogP contribution in [-0.2, 0) is 9.59 Å². The number of Topliss-reactive ketones (excluding diaryl/α,β-unsaturated/α-hetero) is 1. The number of carbonyl (C=O) groups excluding carboxylic acids is 2. The van der Waals surface area contributed by atoms with Crippen molar-refractivity contribution in [2.24, 2.45) is 0 Å². The lowest BCUT2D eigenvalue weighted by atomic mass is 9.95. The zero-order valence-corrected chi connectivity index (χ0v) is 16.1. The maximum Gasteiger partial charge on any atom is 0.301 e. The number of ether oxygens (including phenoxy) is 1. The summed E-state index contributed by atoms with van der Waals surface area (Å²) in [5.74, 6) is -1.47. The molecular formula is C21H16N2O5S. The van der Waals surface area contributed by atoms with Gasteiger partial charge in [-0.3, -0.25) is 14.5 Å². The Balaban J connectivity index is 1.95. The van der Waals surface area contributed by atoms with Crippen LogP contribution in [0.2, 0.25) is 0 Å². The van der Waals surface area contributed by atoms with Crippen molar-refractivity contribution in [3.63, 3.8) is 0 Å². The number of rotatable bonds is 4. The van der Waals surface area contributed by atoms with Crippen LogP contribution in [0.4, 0.5) is 5.13 Å². The van der Waals surface area contributed by atoms with Crippen LogP contribution in [0.3, 0.4) is 0 Å². The van der Waals surface area contributed by atoms with E-state index < -0.39 is 17.7 Å². The van der Waals surface area contributed by atoms with Crippen LogP contribution in [0.1, 0.15) is 17.2 Å². The molecule has 1 amide bonds. The molecule has 1 unspecified atom stereocenters. The van der Waals surface area contributed by atoms with E-state index in [0.29, 0.717) is 22.0 Å². The average Bonchev–Trinajstić information content (AvgIpc) is 3.34. The van der Waals surface area contributed by atoms with Gasteiger partial charge in [0.15, 0.2) is 5.13 Å². The number of hydrogen-bond donors (Lipinski definition) is 2.